The number of fused-ring (bicyclic) bond motifs is 1. The number of ether oxygens (including phenoxy) is 2. The molecule has 1 heterocycles. The minimum absolute atomic E-state index is 0.0607. The van der Waals surface area contributed by atoms with Gasteiger partial charge in [0.05, 0.1) is 13.2 Å². The van der Waals surface area contributed by atoms with E-state index in [1.807, 2.05) is 48.5 Å². The van der Waals surface area contributed by atoms with Crippen LogP contribution in [-0.2, 0) is 13.0 Å². The van der Waals surface area contributed by atoms with E-state index in [2.05, 4.69) is 5.32 Å². The minimum atomic E-state index is -0.226. The molecule has 0 aromatic heterocycles. The molecule has 1 aliphatic rings. The van der Waals surface area contributed by atoms with Crippen molar-refractivity contribution >= 4 is 0 Å². The van der Waals surface area contributed by atoms with E-state index in [0.717, 1.165) is 35.4 Å². The number of hydrogen-bond acceptors (Lipinski definition) is 3. The van der Waals surface area contributed by atoms with Crippen LogP contribution in [0.2, 0.25) is 0 Å². The first-order chi connectivity index (χ1) is 13.2. The van der Waals surface area contributed by atoms with Gasteiger partial charge in [-0.2, -0.15) is 0 Å². The highest BCUT2D eigenvalue weighted by atomic mass is 19.1. The first kappa shape index (κ1) is 17.6. The lowest BCUT2D eigenvalue weighted by Gasteiger charge is -2.28. The number of halogens is 1. The molecule has 1 unspecified atom stereocenters. The average molecular weight is 363 g/mol. The maximum atomic E-state index is 13.7. The molecule has 3 aromatic carbocycles. The summed E-state index contributed by atoms with van der Waals surface area (Å²) in [6, 6.07) is 20.8. The van der Waals surface area contributed by atoms with Crippen molar-refractivity contribution in [3.8, 4) is 11.5 Å². The third-order valence-corrected chi connectivity index (χ3v) is 4.90. The van der Waals surface area contributed by atoms with Crippen molar-refractivity contribution < 1.29 is 13.9 Å². The molecule has 0 amide bonds. The van der Waals surface area contributed by atoms with Crippen molar-refractivity contribution in [3.63, 3.8) is 0 Å². The molecule has 0 aliphatic carbocycles. The molecular weight excluding hydrogens is 341 g/mol. The smallest absolute Gasteiger partial charge is 0.162 e. The van der Waals surface area contributed by atoms with E-state index in [-0.39, 0.29) is 11.9 Å². The second-order valence-electron chi connectivity index (χ2n) is 6.67. The van der Waals surface area contributed by atoms with Gasteiger partial charge in [-0.1, -0.05) is 42.5 Å². The zero-order valence-electron chi connectivity index (χ0n) is 15.2. The van der Waals surface area contributed by atoms with E-state index in [9.17, 15) is 4.39 Å². The van der Waals surface area contributed by atoms with E-state index in [4.69, 9.17) is 9.47 Å². The summed E-state index contributed by atoms with van der Waals surface area (Å²) in [5.74, 6) is 1.20. The van der Waals surface area contributed by atoms with Crippen LogP contribution in [0.25, 0.3) is 0 Å². The summed E-state index contributed by atoms with van der Waals surface area (Å²) in [5, 5.41) is 3.49. The van der Waals surface area contributed by atoms with Gasteiger partial charge >= 0.3 is 0 Å². The van der Waals surface area contributed by atoms with Crippen molar-refractivity contribution in [2.45, 2.75) is 19.1 Å². The fourth-order valence-electron chi connectivity index (χ4n) is 3.56. The number of nitrogens with one attached hydrogen (secondary N) is 1. The molecule has 1 N–H and O–H groups in total. The molecule has 1 aliphatic heterocycles. The monoisotopic (exact) mass is 363 g/mol. The molecule has 27 heavy (non-hydrogen) atoms. The Hall–Kier alpha value is -2.85. The van der Waals surface area contributed by atoms with Crippen LogP contribution in [-0.4, -0.2) is 13.7 Å². The van der Waals surface area contributed by atoms with Crippen LogP contribution < -0.4 is 14.8 Å². The van der Waals surface area contributed by atoms with E-state index in [0.29, 0.717) is 12.4 Å². The van der Waals surface area contributed by atoms with Gasteiger partial charge in [0.15, 0.2) is 11.5 Å². The Labute approximate surface area is 158 Å². The van der Waals surface area contributed by atoms with Crippen LogP contribution in [0.15, 0.2) is 66.7 Å². The number of methoxy groups -OCH3 is 1. The van der Waals surface area contributed by atoms with Gasteiger partial charge in [0.1, 0.15) is 12.4 Å². The highest BCUT2D eigenvalue weighted by molar-refractivity contribution is 5.51. The molecule has 4 rings (SSSR count). The number of benzene rings is 3. The fraction of sp³-hybridized carbons (Fsp3) is 0.217. The molecule has 3 nitrogen and oxygen atoms in total. The predicted molar refractivity (Wildman–Crippen MR) is 104 cm³/mol. The summed E-state index contributed by atoms with van der Waals surface area (Å²) in [5.41, 5.74) is 4.31. The van der Waals surface area contributed by atoms with Gasteiger partial charge in [-0.05, 0) is 52.9 Å². The fourth-order valence-corrected chi connectivity index (χ4v) is 3.56. The molecule has 4 heteroatoms. The molecule has 0 saturated heterocycles. The Morgan fingerprint density at radius 2 is 1.85 bits per heavy atom. The molecule has 0 radical (unpaired) electrons. The summed E-state index contributed by atoms with van der Waals surface area (Å²) in [4.78, 5) is 0. The molecule has 0 bridgehead atoms. The summed E-state index contributed by atoms with van der Waals surface area (Å²) in [6.07, 6.45) is 0.899. The van der Waals surface area contributed by atoms with E-state index in [1.165, 1.54) is 11.6 Å². The molecule has 0 spiro atoms. The largest absolute Gasteiger partial charge is 0.493 e. The Morgan fingerprint density at radius 3 is 2.63 bits per heavy atom. The van der Waals surface area contributed by atoms with Gasteiger partial charge in [0.2, 0.25) is 0 Å². The topological polar surface area (TPSA) is 30.5 Å². The molecular formula is C23H22FNO2. The van der Waals surface area contributed by atoms with Crippen LogP contribution in [0.4, 0.5) is 4.39 Å². The molecule has 0 saturated carbocycles. The second-order valence-corrected chi connectivity index (χ2v) is 6.67. The Bertz CT molecular complexity index is 927. The normalized spacial score (nSPS) is 15.9. The van der Waals surface area contributed by atoms with Crippen LogP contribution >= 0.6 is 0 Å². The van der Waals surface area contributed by atoms with Crippen LogP contribution in [0.5, 0.6) is 11.5 Å². The van der Waals surface area contributed by atoms with Crippen molar-refractivity contribution in [2.24, 2.45) is 0 Å². The zero-order chi connectivity index (χ0) is 18.6. The van der Waals surface area contributed by atoms with Crippen LogP contribution in [0.3, 0.4) is 0 Å². The highest BCUT2D eigenvalue weighted by Gasteiger charge is 2.24. The molecule has 3 aromatic rings. The van der Waals surface area contributed by atoms with Crippen LogP contribution in [0, 0.1) is 5.82 Å². The second kappa shape index (κ2) is 7.80. The lowest BCUT2D eigenvalue weighted by Crippen LogP contribution is -2.30. The first-order valence-electron chi connectivity index (χ1n) is 9.11. The average Bonchev–Trinajstić information content (AvgIpc) is 2.71. The standard InChI is InChI=1S/C23H22FNO2/c1-26-21-13-17-10-11-25-23(18-8-5-9-19(24)12-18)20(17)14-22(21)27-15-16-6-3-2-4-7-16/h2-9,12-14,23,25H,10-11,15H2,1H3. The number of rotatable bonds is 5. The highest BCUT2D eigenvalue weighted by Crippen LogP contribution is 2.38. The SMILES string of the molecule is COc1cc2c(cc1OCc1ccccc1)C(c1cccc(F)c1)NCC2. The quantitative estimate of drug-likeness (QED) is 0.716. The van der Waals surface area contributed by atoms with Gasteiger partial charge < -0.3 is 14.8 Å². The van der Waals surface area contributed by atoms with Crippen molar-refractivity contribution in [2.75, 3.05) is 13.7 Å². The summed E-state index contributed by atoms with van der Waals surface area (Å²) in [7, 11) is 1.65. The molecule has 1 atom stereocenters. The van der Waals surface area contributed by atoms with Crippen molar-refractivity contribution in [1.29, 1.82) is 0 Å². The predicted octanol–water partition coefficient (Wildman–Crippen LogP) is 4.65. The van der Waals surface area contributed by atoms with E-state index < -0.39 is 0 Å². The van der Waals surface area contributed by atoms with Crippen molar-refractivity contribution in [1.82, 2.24) is 5.32 Å². The van der Waals surface area contributed by atoms with Gasteiger partial charge in [-0.25, -0.2) is 4.39 Å². The Morgan fingerprint density at radius 1 is 1.00 bits per heavy atom. The third-order valence-electron chi connectivity index (χ3n) is 4.90. The Kier molecular flexibility index (Phi) is 5.07. The molecule has 0 fully saturated rings. The lowest BCUT2D eigenvalue weighted by molar-refractivity contribution is 0.283. The summed E-state index contributed by atoms with van der Waals surface area (Å²) >= 11 is 0. The maximum absolute atomic E-state index is 13.7. The number of hydrogen-bond donors (Lipinski definition) is 1. The van der Waals surface area contributed by atoms with Gasteiger partial charge in [0.25, 0.3) is 0 Å². The van der Waals surface area contributed by atoms with Crippen molar-refractivity contribution in [3.05, 3.63) is 94.8 Å². The zero-order valence-corrected chi connectivity index (χ0v) is 15.2. The van der Waals surface area contributed by atoms with Gasteiger partial charge in [-0.15, -0.1) is 0 Å². The summed E-state index contributed by atoms with van der Waals surface area (Å²) < 4.78 is 25.3. The van der Waals surface area contributed by atoms with Gasteiger partial charge in [0, 0.05) is 6.54 Å². The maximum Gasteiger partial charge on any atom is 0.162 e. The van der Waals surface area contributed by atoms with Crippen LogP contribution in [0.1, 0.15) is 28.3 Å². The van der Waals surface area contributed by atoms with E-state index >= 15 is 0 Å². The Balaban J connectivity index is 1.68. The molecule has 138 valence electrons. The minimum Gasteiger partial charge on any atom is -0.493 e. The first-order valence-corrected chi connectivity index (χ1v) is 9.11. The summed E-state index contributed by atoms with van der Waals surface area (Å²) in [6.45, 7) is 1.30. The third kappa shape index (κ3) is 3.81. The van der Waals surface area contributed by atoms with E-state index in [1.54, 1.807) is 19.2 Å². The van der Waals surface area contributed by atoms with Gasteiger partial charge in [-0.3, -0.25) is 0 Å². The lowest BCUT2D eigenvalue weighted by atomic mass is 9.89.